The van der Waals surface area contributed by atoms with E-state index < -0.39 is 6.04 Å². The molecule has 1 unspecified atom stereocenters. The number of nitrogens with one attached hydrogen (secondary N) is 1. The first-order valence-corrected chi connectivity index (χ1v) is 5.71. The van der Waals surface area contributed by atoms with Crippen molar-refractivity contribution in [3.8, 4) is 0 Å². The molecule has 0 bridgehead atoms. The highest BCUT2D eigenvalue weighted by molar-refractivity contribution is 5.81. The fourth-order valence-corrected chi connectivity index (χ4v) is 1.18. The van der Waals surface area contributed by atoms with Gasteiger partial charge in [-0.15, -0.1) is 0 Å². The number of hydrogen-bond acceptors (Lipinski definition) is 4. The van der Waals surface area contributed by atoms with Crippen molar-refractivity contribution in [2.24, 2.45) is 5.73 Å². The van der Waals surface area contributed by atoms with Crippen LogP contribution in [0.15, 0.2) is 0 Å². The molecule has 1 atom stereocenters. The minimum absolute atomic E-state index is 0.122. The summed E-state index contributed by atoms with van der Waals surface area (Å²) in [5.41, 5.74) is 5.69. The molecule has 5 heteroatoms. The van der Waals surface area contributed by atoms with Crippen LogP contribution in [0.1, 0.15) is 26.7 Å². The van der Waals surface area contributed by atoms with Gasteiger partial charge >= 0.3 is 0 Å². The third-order valence-corrected chi connectivity index (χ3v) is 2.05. The third kappa shape index (κ3) is 8.64. The monoisotopic (exact) mass is 232 g/mol. The lowest BCUT2D eigenvalue weighted by atomic mass is 10.1. The van der Waals surface area contributed by atoms with Gasteiger partial charge in [-0.25, -0.2) is 0 Å². The van der Waals surface area contributed by atoms with Crippen LogP contribution in [0.3, 0.4) is 0 Å². The molecule has 0 aliphatic heterocycles. The maximum absolute atomic E-state index is 11.4. The molecule has 0 aromatic rings. The maximum atomic E-state index is 11.4. The predicted molar refractivity (Wildman–Crippen MR) is 63.2 cm³/mol. The quantitative estimate of drug-likeness (QED) is 0.560. The molecule has 0 fully saturated rings. The SMILES string of the molecule is COCCCC(N)C(=O)NCCOC(C)C. The molecule has 0 saturated heterocycles. The van der Waals surface area contributed by atoms with Crippen LogP contribution in [0.5, 0.6) is 0 Å². The second-order valence-electron chi connectivity index (χ2n) is 3.95. The summed E-state index contributed by atoms with van der Waals surface area (Å²) in [6, 6.07) is -0.450. The van der Waals surface area contributed by atoms with Crippen molar-refractivity contribution in [1.82, 2.24) is 5.32 Å². The summed E-state index contributed by atoms with van der Waals surface area (Å²) in [5, 5.41) is 2.73. The fraction of sp³-hybridized carbons (Fsp3) is 0.909. The second-order valence-corrected chi connectivity index (χ2v) is 3.95. The summed E-state index contributed by atoms with van der Waals surface area (Å²) >= 11 is 0. The molecular weight excluding hydrogens is 208 g/mol. The van der Waals surface area contributed by atoms with Gasteiger partial charge in [-0.05, 0) is 26.7 Å². The Labute approximate surface area is 97.7 Å². The molecule has 3 N–H and O–H groups in total. The van der Waals surface area contributed by atoms with Gasteiger partial charge in [0.2, 0.25) is 5.91 Å². The standard InChI is InChI=1S/C11H24N2O3/c1-9(2)16-8-6-13-11(14)10(12)5-4-7-15-3/h9-10H,4-8,12H2,1-3H3,(H,13,14). The smallest absolute Gasteiger partial charge is 0.236 e. The zero-order valence-electron chi connectivity index (χ0n) is 10.5. The zero-order valence-corrected chi connectivity index (χ0v) is 10.5. The lowest BCUT2D eigenvalue weighted by Gasteiger charge is -2.12. The topological polar surface area (TPSA) is 73.6 Å². The van der Waals surface area contributed by atoms with Crippen LogP contribution < -0.4 is 11.1 Å². The molecule has 16 heavy (non-hydrogen) atoms. The average molecular weight is 232 g/mol. The van der Waals surface area contributed by atoms with Gasteiger partial charge in [0.15, 0.2) is 0 Å². The summed E-state index contributed by atoms with van der Waals surface area (Å²) in [6.07, 6.45) is 1.63. The van der Waals surface area contributed by atoms with Crippen LogP contribution in [0.2, 0.25) is 0 Å². The van der Waals surface area contributed by atoms with E-state index in [9.17, 15) is 4.79 Å². The number of nitrogens with two attached hydrogens (primary N) is 1. The first kappa shape index (κ1) is 15.3. The Balaban J connectivity index is 3.47. The number of amides is 1. The van der Waals surface area contributed by atoms with Gasteiger partial charge in [0, 0.05) is 20.3 Å². The number of ether oxygens (including phenoxy) is 2. The molecule has 0 heterocycles. The van der Waals surface area contributed by atoms with Crippen LogP contribution in [0, 0.1) is 0 Å². The Kier molecular flexibility index (Phi) is 9.18. The van der Waals surface area contributed by atoms with E-state index in [0.29, 0.717) is 26.2 Å². The van der Waals surface area contributed by atoms with Crippen molar-refractivity contribution >= 4 is 5.91 Å². The van der Waals surface area contributed by atoms with Crippen LogP contribution >= 0.6 is 0 Å². The lowest BCUT2D eigenvalue weighted by molar-refractivity contribution is -0.122. The van der Waals surface area contributed by atoms with Gasteiger partial charge in [-0.3, -0.25) is 4.79 Å². The Morgan fingerprint density at radius 2 is 2.06 bits per heavy atom. The van der Waals surface area contributed by atoms with Gasteiger partial charge in [0.25, 0.3) is 0 Å². The number of carbonyl (C=O) groups excluding carboxylic acids is 1. The van der Waals surface area contributed by atoms with Crippen LogP contribution in [-0.2, 0) is 14.3 Å². The van der Waals surface area contributed by atoms with Crippen molar-refractivity contribution in [3.05, 3.63) is 0 Å². The average Bonchev–Trinajstić information content (AvgIpc) is 2.24. The fourth-order valence-electron chi connectivity index (χ4n) is 1.18. The van der Waals surface area contributed by atoms with Gasteiger partial charge in [0.05, 0.1) is 18.8 Å². The Hall–Kier alpha value is -0.650. The van der Waals surface area contributed by atoms with E-state index in [1.807, 2.05) is 13.8 Å². The normalized spacial score (nSPS) is 12.8. The van der Waals surface area contributed by atoms with E-state index in [0.717, 1.165) is 6.42 Å². The Bertz CT molecular complexity index is 186. The van der Waals surface area contributed by atoms with Gasteiger partial charge < -0.3 is 20.5 Å². The number of hydrogen-bond donors (Lipinski definition) is 2. The van der Waals surface area contributed by atoms with Gasteiger partial charge in [-0.2, -0.15) is 0 Å². The molecule has 0 rings (SSSR count). The van der Waals surface area contributed by atoms with E-state index in [-0.39, 0.29) is 12.0 Å². The molecule has 96 valence electrons. The lowest BCUT2D eigenvalue weighted by Crippen LogP contribution is -2.42. The molecule has 5 nitrogen and oxygen atoms in total. The van der Waals surface area contributed by atoms with Crippen LogP contribution in [0.25, 0.3) is 0 Å². The summed E-state index contributed by atoms with van der Waals surface area (Å²) < 4.78 is 10.2. The Morgan fingerprint density at radius 1 is 1.38 bits per heavy atom. The molecule has 0 spiro atoms. The second kappa shape index (κ2) is 9.57. The van der Waals surface area contributed by atoms with E-state index in [1.54, 1.807) is 7.11 Å². The van der Waals surface area contributed by atoms with E-state index in [4.69, 9.17) is 15.2 Å². The minimum Gasteiger partial charge on any atom is -0.385 e. The first-order chi connectivity index (χ1) is 7.57. The maximum Gasteiger partial charge on any atom is 0.236 e. The van der Waals surface area contributed by atoms with Crippen molar-refractivity contribution < 1.29 is 14.3 Å². The van der Waals surface area contributed by atoms with E-state index in [2.05, 4.69) is 5.32 Å². The van der Waals surface area contributed by atoms with E-state index >= 15 is 0 Å². The highest BCUT2D eigenvalue weighted by atomic mass is 16.5. The first-order valence-electron chi connectivity index (χ1n) is 5.71. The predicted octanol–water partition coefficient (Wildman–Crippen LogP) is 0.282. The van der Waals surface area contributed by atoms with Crippen LogP contribution in [-0.4, -0.2) is 44.9 Å². The third-order valence-electron chi connectivity index (χ3n) is 2.05. The highest BCUT2D eigenvalue weighted by Crippen LogP contribution is 1.94. The summed E-state index contributed by atoms with van der Waals surface area (Å²) in [4.78, 5) is 11.4. The largest absolute Gasteiger partial charge is 0.385 e. The van der Waals surface area contributed by atoms with Crippen molar-refractivity contribution in [1.29, 1.82) is 0 Å². The summed E-state index contributed by atoms with van der Waals surface area (Å²) in [5.74, 6) is -0.122. The molecule has 0 saturated carbocycles. The summed E-state index contributed by atoms with van der Waals surface area (Å²) in [7, 11) is 1.63. The van der Waals surface area contributed by atoms with E-state index in [1.165, 1.54) is 0 Å². The molecular formula is C11H24N2O3. The van der Waals surface area contributed by atoms with Gasteiger partial charge in [0.1, 0.15) is 0 Å². The van der Waals surface area contributed by atoms with Crippen molar-refractivity contribution in [2.75, 3.05) is 26.9 Å². The molecule has 0 aliphatic rings. The van der Waals surface area contributed by atoms with Crippen molar-refractivity contribution in [2.45, 2.75) is 38.8 Å². The molecule has 0 radical (unpaired) electrons. The number of rotatable bonds is 9. The summed E-state index contributed by atoms with van der Waals surface area (Å²) in [6.45, 7) is 5.58. The molecule has 0 aliphatic carbocycles. The van der Waals surface area contributed by atoms with Gasteiger partial charge in [-0.1, -0.05) is 0 Å². The number of methoxy groups -OCH3 is 1. The minimum atomic E-state index is -0.450. The molecule has 0 aromatic heterocycles. The Morgan fingerprint density at radius 3 is 2.62 bits per heavy atom. The highest BCUT2D eigenvalue weighted by Gasteiger charge is 2.11. The molecule has 0 aromatic carbocycles. The number of carbonyl (C=O) groups is 1. The molecule has 1 amide bonds. The zero-order chi connectivity index (χ0) is 12.4. The van der Waals surface area contributed by atoms with Crippen LogP contribution in [0.4, 0.5) is 0 Å². The van der Waals surface area contributed by atoms with Crippen molar-refractivity contribution in [3.63, 3.8) is 0 Å².